The molecule has 1 N–H and O–H groups in total. The quantitative estimate of drug-likeness (QED) is 0.424. The number of nitriles is 1. The number of alkyl halides is 3. The molecule has 2 aromatic rings. The minimum absolute atomic E-state index is 0.00455. The summed E-state index contributed by atoms with van der Waals surface area (Å²) in [6.45, 7) is 2.16. The van der Waals surface area contributed by atoms with Gasteiger partial charge < -0.3 is 19.7 Å². The van der Waals surface area contributed by atoms with Gasteiger partial charge in [0.1, 0.15) is 5.54 Å². The minimum atomic E-state index is -4.90. The first-order valence-corrected chi connectivity index (χ1v) is 15.6. The SMILES string of the molecule is CCOC(=O)N1CCC(C#N)(NC(=O)[C@@H]2C[C@@H](S(=O)(=O)c3ccccc3C(F)(F)F)C[C@@H]2OCc2ccc(Cl)cc2)CC1. The summed E-state index contributed by atoms with van der Waals surface area (Å²) in [7, 11) is -4.54. The summed E-state index contributed by atoms with van der Waals surface area (Å²) in [5.41, 5.74) is -1.92. The first-order valence-electron chi connectivity index (χ1n) is 13.7. The Labute approximate surface area is 252 Å². The molecule has 2 aliphatic rings. The Kier molecular flexibility index (Phi) is 9.93. The highest BCUT2D eigenvalue weighted by Gasteiger charge is 2.49. The number of halogens is 4. The van der Waals surface area contributed by atoms with Crippen molar-refractivity contribution in [1.82, 2.24) is 10.2 Å². The molecule has 1 aliphatic carbocycles. The van der Waals surface area contributed by atoms with Crippen molar-refractivity contribution in [2.75, 3.05) is 19.7 Å². The van der Waals surface area contributed by atoms with E-state index < -0.39 is 61.3 Å². The average Bonchev–Trinajstić information content (AvgIpc) is 3.42. The molecule has 2 aromatic carbocycles. The monoisotopic (exact) mass is 641 g/mol. The minimum Gasteiger partial charge on any atom is -0.450 e. The standard InChI is InChI=1S/C29H31ClF3N3O6S/c1-2-41-27(38)36-13-11-28(18-34,12-14-36)35-26(37)22-15-21(16-24(22)42-17-19-7-9-20(30)10-8-19)43(39,40)25-6-4-3-5-23(25)29(31,32)33/h3-10,21-22,24H,2,11-17H2,1H3,(H,35,37)/t21-,22-,24+/m1/s1. The molecule has 1 saturated carbocycles. The summed E-state index contributed by atoms with van der Waals surface area (Å²) in [6, 6.07) is 12.7. The number of ether oxygens (including phenoxy) is 2. The normalized spacial score (nSPS) is 22.0. The molecule has 43 heavy (non-hydrogen) atoms. The number of nitrogens with one attached hydrogen (secondary N) is 1. The van der Waals surface area contributed by atoms with Gasteiger partial charge >= 0.3 is 12.3 Å². The lowest BCUT2D eigenvalue weighted by Crippen LogP contribution is -2.57. The number of sulfone groups is 1. The van der Waals surface area contributed by atoms with Gasteiger partial charge in [0.15, 0.2) is 9.84 Å². The van der Waals surface area contributed by atoms with E-state index in [1.807, 2.05) is 0 Å². The predicted molar refractivity (Wildman–Crippen MR) is 149 cm³/mol. The van der Waals surface area contributed by atoms with Crippen LogP contribution in [-0.2, 0) is 36.9 Å². The van der Waals surface area contributed by atoms with E-state index in [-0.39, 0.29) is 52.0 Å². The van der Waals surface area contributed by atoms with Gasteiger partial charge in [-0.3, -0.25) is 4.79 Å². The zero-order valence-corrected chi connectivity index (χ0v) is 24.8. The second kappa shape index (κ2) is 13.1. The van der Waals surface area contributed by atoms with Crippen molar-refractivity contribution >= 4 is 33.4 Å². The Morgan fingerprint density at radius 3 is 2.37 bits per heavy atom. The van der Waals surface area contributed by atoms with Crippen molar-refractivity contribution in [2.45, 2.75) is 67.2 Å². The van der Waals surface area contributed by atoms with Crippen LogP contribution in [0.4, 0.5) is 18.0 Å². The second-order valence-corrected chi connectivity index (χ2v) is 13.2. The van der Waals surface area contributed by atoms with Gasteiger partial charge in [-0.25, -0.2) is 13.2 Å². The fourth-order valence-electron chi connectivity index (χ4n) is 5.46. The van der Waals surface area contributed by atoms with Crippen LogP contribution in [0, 0.1) is 17.2 Å². The lowest BCUT2D eigenvalue weighted by atomic mass is 9.88. The average molecular weight is 642 g/mol. The molecule has 0 bridgehead atoms. The summed E-state index contributed by atoms with van der Waals surface area (Å²) in [4.78, 5) is 26.3. The van der Waals surface area contributed by atoms with E-state index in [1.165, 1.54) is 11.0 Å². The van der Waals surface area contributed by atoms with Crippen LogP contribution < -0.4 is 5.32 Å². The van der Waals surface area contributed by atoms with Crippen LogP contribution in [0.2, 0.25) is 5.02 Å². The summed E-state index contributed by atoms with van der Waals surface area (Å²) >= 11 is 5.94. The molecule has 232 valence electrons. The maximum Gasteiger partial charge on any atom is 0.417 e. The molecule has 0 spiro atoms. The van der Waals surface area contributed by atoms with Gasteiger partial charge in [0.05, 0.1) is 47.0 Å². The molecule has 0 aromatic heterocycles. The van der Waals surface area contributed by atoms with Gasteiger partial charge in [-0.15, -0.1) is 0 Å². The van der Waals surface area contributed by atoms with Crippen molar-refractivity contribution in [3.05, 3.63) is 64.7 Å². The number of carbonyl (C=O) groups excluding carboxylic acids is 2. The molecular weight excluding hydrogens is 611 g/mol. The van der Waals surface area contributed by atoms with E-state index in [0.717, 1.165) is 12.1 Å². The zero-order chi connectivity index (χ0) is 31.4. The van der Waals surface area contributed by atoms with Crippen LogP contribution in [0.3, 0.4) is 0 Å². The van der Waals surface area contributed by atoms with E-state index >= 15 is 0 Å². The summed E-state index contributed by atoms with van der Waals surface area (Å²) in [5.74, 6) is -1.72. The highest BCUT2D eigenvalue weighted by Crippen LogP contribution is 2.41. The molecule has 3 atom stereocenters. The first-order chi connectivity index (χ1) is 20.3. The van der Waals surface area contributed by atoms with Crippen LogP contribution in [0.25, 0.3) is 0 Å². The molecule has 0 unspecified atom stereocenters. The number of likely N-dealkylation sites (tertiary alicyclic amines) is 1. The highest BCUT2D eigenvalue weighted by molar-refractivity contribution is 7.92. The number of nitrogens with zero attached hydrogens (tertiary/aromatic N) is 2. The van der Waals surface area contributed by atoms with Crippen molar-refractivity contribution in [2.24, 2.45) is 5.92 Å². The Hall–Kier alpha value is -3.34. The van der Waals surface area contributed by atoms with E-state index in [4.69, 9.17) is 21.1 Å². The maximum absolute atomic E-state index is 13.7. The third-order valence-corrected chi connectivity index (χ3v) is 10.3. The number of rotatable bonds is 8. The molecular formula is C29H31ClF3N3O6S. The Bertz CT molecular complexity index is 1470. The van der Waals surface area contributed by atoms with Crippen LogP contribution in [-0.4, -0.2) is 61.9 Å². The number of carbonyl (C=O) groups is 2. The second-order valence-electron chi connectivity index (χ2n) is 10.6. The van der Waals surface area contributed by atoms with Gasteiger partial charge in [-0.1, -0.05) is 35.9 Å². The Morgan fingerprint density at radius 2 is 1.77 bits per heavy atom. The van der Waals surface area contributed by atoms with Crippen molar-refractivity contribution < 1.29 is 40.7 Å². The van der Waals surface area contributed by atoms with Gasteiger partial charge in [0, 0.05) is 31.0 Å². The maximum atomic E-state index is 13.7. The number of hydrogen-bond donors (Lipinski definition) is 1. The topological polar surface area (TPSA) is 126 Å². The molecule has 1 heterocycles. The van der Waals surface area contributed by atoms with Crippen molar-refractivity contribution in [3.63, 3.8) is 0 Å². The van der Waals surface area contributed by atoms with E-state index in [2.05, 4.69) is 11.4 Å². The molecule has 2 amide bonds. The fourth-order valence-corrected chi connectivity index (χ4v) is 7.61. The zero-order valence-electron chi connectivity index (χ0n) is 23.3. The summed E-state index contributed by atoms with van der Waals surface area (Å²) in [6.07, 6.45) is -6.71. The van der Waals surface area contributed by atoms with Gasteiger partial charge in [0.25, 0.3) is 0 Å². The van der Waals surface area contributed by atoms with Crippen LogP contribution >= 0.6 is 11.6 Å². The summed E-state index contributed by atoms with van der Waals surface area (Å²) in [5, 5.41) is 11.9. The van der Waals surface area contributed by atoms with E-state index in [0.29, 0.717) is 16.7 Å². The van der Waals surface area contributed by atoms with Gasteiger partial charge in [-0.05, 0) is 49.6 Å². The summed E-state index contributed by atoms with van der Waals surface area (Å²) < 4.78 is 79.3. The molecule has 1 saturated heterocycles. The Balaban J connectivity index is 1.57. The largest absolute Gasteiger partial charge is 0.450 e. The molecule has 9 nitrogen and oxygen atoms in total. The molecule has 0 radical (unpaired) electrons. The number of benzene rings is 2. The van der Waals surface area contributed by atoms with Crippen molar-refractivity contribution in [1.29, 1.82) is 5.26 Å². The molecule has 1 aliphatic heterocycles. The number of amides is 2. The highest BCUT2D eigenvalue weighted by atomic mass is 35.5. The van der Waals surface area contributed by atoms with Crippen LogP contribution in [0.5, 0.6) is 0 Å². The van der Waals surface area contributed by atoms with Crippen molar-refractivity contribution in [3.8, 4) is 6.07 Å². The van der Waals surface area contributed by atoms with E-state index in [1.54, 1.807) is 31.2 Å². The smallest absolute Gasteiger partial charge is 0.417 e. The van der Waals surface area contributed by atoms with Gasteiger partial charge in [-0.2, -0.15) is 18.4 Å². The molecule has 2 fully saturated rings. The fraction of sp³-hybridized carbons (Fsp3) is 0.483. The number of piperidine rings is 1. The van der Waals surface area contributed by atoms with Gasteiger partial charge in [0.2, 0.25) is 5.91 Å². The predicted octanol–water partition coefficient (Wildman–Crippen LogP) is 5.13. The number of hydrogen-bond acceptors (Lipinski definition) is 7. The molecule has 4 rings (SSSR count). The lowest BCUT2D eigenvalue weighted by molar-refractivity contribution is -0.140. The third-order valence-electron chi connectivity index (χ3n) is 7.83. The third kappa shape index (κ3) is 7.42. The Morgan fingerprint density at radius 1 is 1.12 bits per heavy atom. The molecule has 14 heteroatoms. The van der Waals surface area contributed by atoms with E-state index in [9.17, 15) is 36.4 Å². The van der Waals surface area contributed by atoms with Crippen LogP contribution in [0.1, 0.15) is 43.7 Å². The lowest BCUT2D eigenvalue weighted by Gasteiger charge is -2.38. The first kappa shape index (κ1) is 32.6. The van der Waals surface area contributed by atoms with Crippen LogP contribution in [0.15, 0.2) is 53.4 Å².